The number of amides is 1. The van der Waals surface area contributed by atoms with Gasteiger partial charge in [0.2, 0.25) is 0 Å². The molecule has 0 heterocycles. The molecule has 2 rings (SSSR count). The van der Waals surface area contributed by atoms with Gasteiger partial charge in [0.1, 0.15) is 0 Å². The van der Waals surface area contributed by atoms with E-state index in [4.69, 9.17) is 0 Å². The number of nitrogens with one attached hydrogen (secondary N) is 1. The molecule has 0 aliphatic heterocycles. The fourth-order valence-corrected chi connectivity index (χ4v) is 1.96. The van der Waals surface area contributed by atoms with Crippen LogP contribution in [0.5, 0.6) is 0 Å². The van der Waals surface area contributed by atoms with E-state index in [2.05, 4.69) is 5.32 Å². The molecule has 0 bridgehead atoms. The topological polar surface area (TPSA) is 49.3 Å². The Morgan fingerprint density at radius 1 is 1.18 bits per heavy atom. The summed E-state index contributed by atoms with van der Waals surface area (Å²) in [5.74, 6) is -0.0587. The van der Waals surface area contributed by atoms with E-state index in [0.29, 0.717) is 5.56 Å². The minimum atomic E-state index is -0.367. The minimum Gasteiger partial charge on any atom is -0.389 e. The number of rotatable bonds is 2. The first-order valence-corrected chi connectivity index (χ1v) is 5.98. The zero-order valence-corrected chi connectivity index (χ0v) is 9.67. The van der Waals surface area contributed by atoms with Crippen LogP contribution < -0.4 is 5.32 Å². The molecule has 0 fully saturated rings. The van der Waals surface area contributed by atoms with Crippen molar-refractivity contribution in [3.05, 3.63) is 48.0 Å². The van der Waals surface area contributed by atoms with E-state index in [1.807, 2.05) is 24.3 Å². The van der Waals surface area contributed by atoms with E-state index in [0.717, 1.165) is 19.3 Å². The fraction of sp³-hybridized carbons (Fsp3) is 0.357. The molecule has 90 valence electrons. The highest BCUT2D eigenvalue weighted by molar-refractivity contribution is 5.94. The largest absolute Gasteiger partial charge is 0.389 e. The molecule has 0 spiro atoms. The average Bonchev–Trinajstić information content (AvgIpc) is 2.56. The molecule has 1 aliphatic carbocycles. The lowest BCUT2D eigenvalue weighted by Gasteiger charge is -2.13. The van der Waals surface area contributed by atoms with Crippen molar-refractivity contribution in [2.24, 2.45) is 0 Å². The summed E-state index contributed by atoms with van der Waals surface area (Å²) in [6.07, 6.45) is 5.86. The number of benzene rings is 1. The number of aliphatic hydroxyl groups excluding tert-OH is 1. The molecule has 0 aromatic heterocycles. The lowest BCUT2D eigenvalue weighted by Crippen LogP contribution is -2.33. The molecule has 3 nitrogen and oxygen atoms in total. The molecule has 0 radical (unpaired) electrons. The van der Waals surface area contributed by atoms with Gasteiger partial charge in [0.05, 0.1) is 6.10 Å². The van der Waals surface area contributed by atoms with Crippen LogP contribution in [0.2, 0.25) is 0 Å². The van der Waals surface area contributed by atoms with Gasteiger partial charge in [-0.1, -0.05) is 30.4 Å². The van der Waals surface area contributed by atoms with E-state index in [1.54, 1.807) is 18.2 Å². The van der Waals surface area contributed by atoms with Crippen LogP contribution in [0.3, 0.4) is 0 Å². The number of aliphatic hydroxyl groups is 1. The van der Waals surface area contributed by atoms with Crippen molar-refractivity contribution in [1.29, 1.82) is 0 Å². The zero-order valence-electron chi connectivity index (χ0n) is 9.67. The number of carbonyl (C=O) groups is 1. The Morgan fingerprint density at radius 2 is 1.94 bits per heavy atom. The first-order chi connectivity index (χ1) is 8.25. The van der Waals surface area contributed by atoms with Crippen molar-refractivity contribution >= 4 is 5.91 Å². The smallest absolute Gasteiger partial charge is 0.251 e. The van der Waals surface area contributed by atoms with E-state index in [9.17, 15) is 9.90 Å². The highest BCUT2D eigenvalue weighted by Gasteiger charge is 2.14. The maximum Gasteiger partial charge on any atom is 0.251 e. The number of hydrogen-bond acceptors (Lipinski definition) is 2. The van der Waals surface area contributed by atoms with Gasteiger partial charge in [-0.2, -0.15) is 0 Å². The van der Waals surface area contributed by atoms with Gasteiger partial charge in [-0.25, -0.2) is 0 Å². The Morgan fingerprint density at radius 3 is 2.71 bits per heavy atom. The lowest BCUT2D eigenvalue weighted by molar-refractivity contribution is 0.0943. The number of hydrogen-bond donors (Lipinski definition) is 2. The standard InChI is InChI=1S/C14H17NO2/c16-13-8-4-7-12(9-10-13)15-14(17)11-5-2-1-3-6-11/h1-3,5-6,9-10,12-13,16H,4,7-8H2,(H,15,17)/t12-,13+/m0/s1. The summed E-state index contributed by atoms with van der Waals surface area (Å²) in [5, 5.41) is 12.4. The summed E-state index contributed by atoms with van der Waals surface area (Å²) >= 11 is 0. The van der Waals surface area contributed by atoms with Crippen molar-refractivity contribution in [2.75, 3.05) is 0 Å². The first-order valence-electron chi connectivity index (χ1n) is 5.98. The summed E-state index contributed by atoms with van der Waals surface area (Å²) in [6, 6.07) is 9.21. The third kappa shape index (κ3) is 3.43. The van der Waals surface area contributed by atoms with Gasteiger partial charge in [0, 0.05) is 11.6 Å². The Balaban J connectivity index is 1.97. The van der Waals surface area contributed by atoms with Gasteiger partial charge < -0.3 is 10.4 Å². The molecule has 2 atom stereocenters. The van der Waals surface area contributed by atoms with Gasteiger partial charge >= 0.3 is 0 Å². The van der Waals surface area contributed by atoms with Gasteiger partial charge in [-0.05, 0) is 31.4 Å². The van der Waals surface area contributed by atoms with Crippen LogP contribution >= 0.6 is 0 Å². The Labute approximate surface area is 101 Å². The van der Waals surface area contributed by atoms with Crippen LogP contribution in [-0.2, 0) is 0 Å². The highest BCUT2D eigenvalue weighted by atomic mass is 16.3. The second-order valence-corrected chi connectivity index (χ2v) is 4.33. The van der Waals surface area contributed by atoms with Crippen LogP contribution in [0, 0.1) is 0 Å². The van der Waals surface area contributed by atoms with Gasteiger partial charge in [-0.3, -0.25) is 4.79 Å². The molecule has 17 heavy (non-hydrogen) atoms. The van der Waals surface area contributed by atoms with E-state index >= 15 is 0 Å². The second kappa shape index (κ2) is 5.64. The molecule has 1 aromatic carbocycles. The molecule has 1 aromatic rings. The first kappa shape index (κ1) is 11.9. The average molecular weight is 231 g/mol. The van der Waals surface area contributed by atoms with Crippen LogP contribution in [0.4, 0.5) is 0 Å². The highest BCUT2D eigenvalue weighted by Crippen LogP contribution is 2.12. The van der Waals surface area contributed by atoms with Crippen LogP contribution in [0.25, 0.3) is 0 Å². The molecule has 3 heteroatoms. The van der Waals surface area contributed by atoms with Crippen LogP contribution in [0.15, 0.2) is 42.5 Å². The Hall–Kier alpha value is -1.61. The van der Waals surface area contributed by atoms with Crippen molar-refractivity contribution in [2.45, 2.75) is 31.4 Å². The third-order valence-corrected chi connectivity index (χ3v) is 2.93. The maximum absolute atomic E-state index is 11.9. The summed E-state index contributed by atoms with van der Waals surface area (Å²) < 4.78 is 0. The van der Waals surface area contributed by atoms with E-state index in [-0.39, 0.29) is 18.1 Å². The Bertz CT molecular complexity index is 400. The van der Waals surface area contributed by atoms with Crippen molar-refractivity contribution < 1.29 is 9.90 Å². The number of carbonyl (C=O) groups excluding carboxylic acids is 1. The molecule has 0 saturated heterocycles. The van der Waals surface area contributed by atoms with Crippen molar-refractivity contribution in [3.63, 3.8) is 0 Å². The summed E-state index contributed by atoms with van der Waals surface area (Å²) in [7, 11) is 0. The lowest BCUT2D eigenvalue weighted by atomic mass is 10.1. The third-order valence-electron chi connectivity index (χ3n) is 2.93. The van der Waals surface area contributed by atoms with Gasteiger partial charge in [-0.15, -0.1) is 0 Å². The predicted octanol–water partition coefficient (Wildman–Crippen LogP) is 1.89. The second-order valence-electron chi connectivity index (χ2n) is 4.33. The molecular weight excluding hydrogens is 214 g/mol. The fourth-order valence-electron chi connectivity index (χ4n) is 1.96. The molecular formula is C14H17NO2. The molecule has 1 aliphatic rings. The SMILES string of the molecule is O=C(N[C@@H]1C=C[C@H](O)CCC1)c1ccccc1. The normalized spacial score (nSPS) is 24.1. The van der Waals surface area contributed by atoms with Gasteiger partial charge in [0.15, 0.2) is 0 Å². The Kier molecular flexibility index (Phi) is 3.94. The summed E-state index contributed by atoms with van der Waals surface area (Å²) in [6.45, 7) is 0. The van der Waals surface area contributed by atoms with Crippen molar-refractivity contribution in [1.82, 2.24) is 5.32 Å². The quantitative estimate of drug-likeness (QED) is 0.764. The van der Waals surface area contributed by atoms with E-state index in [1.165, 1.54) is 0 Å². The predicted molar refractivity (Wildman–Crippen MR) is 66.7 cm³/mol. The molecule has 1 amide bonds. The van der Waals surface area contributed by atoms with Crippen molar-refractivity contribution in [3.8, 4) is 0 Å². The van der Waals surface area contributed by atoms with Gasteiger partial charge in [0.25, 0.3) is 5.91 Å². The summed E-state index contributed by atoms with van der Waals surface area (Å²) in [4.78, 5) is 11.9. The minimum absolute atomic E-state index is 0.0276. The zero-order chi connectivity index (χ0) is 12.1. The monoisotopic (exact) mass is 231 g/mol. The van der Waals surface area contributed by atoms with E-state index < -0.39 is 0 Å². The van der Waals surface area contributed by atoms with Crippen LogP contribution in [0.1, 0.15) is 29.6 Å². The summed E-state index contributed by atoms with van der Waals surface area (Å²) in [5.41, 5.74) is 0.672. The maximum atomic E-state index is 11.9. The van der Waals surface area contributed by atoms with Crippen LogP contribution in [-0.4, -0.2) is 23.2 Å². The molecule has 2 N–H and O–H groups in total. The molecule has 0 unspecified atom stereocenters. The molecule has 0 saturated carbocycles.